The minimum Gasteiger partial charge on any atom is -0.494 e. The minimum absolute atomic E-state index is 0.169. The summed E-state index contributed by atoms with van der Waals surface area (Å²) >= 11 is 0. The lowest BCUT2D eigenvalue weighted by Crippen LogP contribution is -2.43. The second-order valence-corrected chi connectivity index (χ2v) is 8.44. The summed E-state index contributed by atoms with van der Waals surface area (Å²) in [5, 5.41) is 28.6. The molecule has 158 valence electrons. The number of rotatable bonds is 7. The molecule has 30 heavy (non-hydrogen) atoms. The van der Waals surface area contributed by atoms with Gasteiger partial charge in [0, 0.05) is 47.0 Å². The van der Waals surface area contributed by atoms with Crippen molar-refractivity contribution in [3.05, 3.63) is 47.9 Å². The van der Waals surface area contributed by atoms with Crippen LogP contribution in [0.5, 0.6) is 5.75 Å². The van der Waals surface area contributed by atoms with Gasteiger partial charge in [-0.3, -0.25) is 14.7 Å². The average molecular weight is 411 g/mol. The number of ether oxygens (including phenoxy) is 1. The van der Waals surface area contributed by atoms with E-state index in [-0.39, 0.29) is 5.69 Å². The number of aliphatic hydroxyl groups is 1. The molecule has 1 aromatic carbocycles. The summed E-state index contributed by atoms with van der Waals surface area (Å²) in [6.45, 7) is 4.09. The van der Waals surface area contributed by atoms with Crippen LogP contribution >= 0.6 is 0 Å². The fourth-order valence-electron chi connectivity index (χ4n) is 3.44. The predicted octanol–water partition coefficient (Wildman–Crippen LogP) is 2.86. The summed E-state index contributed by atoms with van der Waals surface area (Å²) in [6.07, 6.45) is 4.48. The van der Waals surface area contributed by atoms with E-state index in [1.807, 2.05) is 12.3 Å². The first kappa shape index (κ1) is 20.2. The molecule has 3 aromatic rings. The molecular weight excluding hydrogens is 384 g/mol. The Bertz CT molecular complexity index is 1100. The third kappa shape index (κ3) is 4.23. The highest BCUT2D eigenvalue weighted by atomic mass is 16.5. The number of nitrogens with one attached hydrogen (secondary N) is 1. The Morgan fingerprint density at radius 1 is 1.37 bits per heavy atom. The number of benzene rings is 1. The number of aromatic nitrogens is 3. The Labute approximate surface area is 174 Å². The first-order valence-electron chi connectivity index (χ1n) is 10.1. The van der Waals surface area contributed by atoms with Crippen LogP contribution in [-0.2, 0) is 6.54 Å². The lowest BCUT2D eigenvalue weighted by atomic mass is 10.1. The van der Waals surface area contributed by atoms with Crippen LogP contribution in [0.15, 0.2) is 36.5 Å². The molecule has 0 spiro atoms. The molecule has 1 amide bonds. The van der Waals surface area contributed by atoms with Gasteiger partial charge in [0.1, 0.15) is 5.75 Å². The molecule has 1 aliphatic carbocycles. The van der Waals surface area contributed by atoms with E-state index in [1.54, 1.807) is 42.8 Å². The van der Waals surface area contributed by atoms with Crippen molar-refractivity contribution in [2.75, 3.05) is 12.4 Å². The first-order valence-corrected chi connectivity index (χ1v) is 10.1. The molecule has 0 bridgehead atoms. The largest absolute Gasteiger partial charge is 0.494 e. The quantitative estimate of drug-likeness (QED) is 0.410. The van der Waals surface area contributed by atoms with Crippen LogP contribution < -0.4 is 14.8 Å². The lowest BCUT2D eigenvalue weighted by Gasteiger charge is -2.16. The van der Waals surface area contributed by atoms with Gasteiger partial charge in [-0.2, -0.15) is 5.10 Å². The van der Waals surface area contributed by atoms with E-state index < -0.39 is 11.5 Å². The number of carbonyl (C=O) groups excluding carboxylic acids is 1. The second kappa shape index (κ2) is 7.60. The molecule has 1 fully saturated rings. The maximum absolute atomic E-state index is 12.9. The Kier molecular flexibility index (Phi) is 5.11. The highest BCUT2D eigenvalue weighted by Gasteiger charge is 2.35. The number of pyridine rings is 1. The summed E-state index contributed by atoms with van der Waals surface area (Å²) in [7, 11) is 1.53. The van der Waals surface area contributed by atoms with Crippen LogP contribution in [0.25, 0.3) is 10.9 Å². The Balaban J connectivity index is 1.60. The molecule has 3 N–H and O–H groups in total. The van der Waals surface area contributed by atoms with Crippen molar-refractivity contribution in [2.45, 2.75) is 51.2 Å². The molecule has 0 radical (unpaired) electrons. The first-order chi connectivity index (χ1) is 14.2. The number of anilines is 1. The third-order valence-corrected chi connectivity index (χ3v) is 5.30. The fourth-order valence-corrected chi connectivity index (χ4v) is 3.44. The molecule has 0 atom stereocenters. The van der Waals surface area contributed by atoms with E-state index in [0.29, 0.717) is 30.3 Å². The van der Waals surface area contributed by atoms with Gasteiger partial charge < -0.3 is 15.2 Å². The maximum Gasteiger partial charge on any atom is 0.325 e. The topological polar surface area (TPSA) is 100 Å². The van der Waals surface area contributed by atoms with Gasteiger partial charge in [0.25, 0.3) is 0 Å². The normalized spacial score (nSPS) is 14.1. The molecule has 2 heterocycles. The molecular formula is C22H27N4O4+. The number of hydrogen-bond acceptors (Lipinski definition) is 5. The number of fused-ring (bicyclic) bond motifs is 1. The molecule has 8 nitrogen and oxygen atoms in total. The van der Waals surface area contributed by atoms with E-state index in [0.717, 1.165) is 34.2 Å². The molecule has 8 heteroatoms. The SMILES string of the molecule is COc1cc2nn(CCC(C)(C)O)cc2cc1NC(=O)c1cccc(C2CC2)[n+]1O. The summed E-state index contributed by atoms with van der Waals surface area (Å²) in [4.78, 5) is 12.9. The van der Waals surface area contributed by atoms with Crippen LogP contribution in [0.4, 0.5) is 5.69 Å². The van der Waals surface area contributed by atoms with Crippen molar-refractivity contribution < 1.29 is 24.6 Å². The highest BCUT2D eigenvalue weighted by molar-refractivity contribution is 6.04. The number of aryl methyl sites for hydroxylation is 1. The van der Waals surface area contributed by atoms with E-state index in [1.165, 1.54) is 7.11 Å². The summed E-state index contributed by atoms with van der Waals surface area (Å²) in [6, 6.07) is 8.76. The van der Waals surface area contributed by atoms with Gasteiger partial charge in [0.05, 0.1) is 23.9 Å². The third-order valence-electron chi connectivity index (χ3n) is 5.30. The minimum atomic E-state index is -0.774. The summed E-state index contributed by atoms with van der Waals surface area (Å²) in [5.74, 6) is 0.363. The van der Waals surface area contributed by atoms with Crippen LogP contribution in [0.1, 0.15) is 55.2 Å². The van der Waals surface area contributed by atoms with Gasteiger partial charge in [-0.25, -0.2) is 0 Å². The smallest absolute Gasteiger partial charge is 0.325 e. The second-order valence-electron chi connectivity index (χ2n) is 8.44. The number of nitrogens with zero attached hydrogens (tertiary/aromatic N) is 3. The molecule has 4 rings (SSSR count). The van der Waals surface area contributed by atoms with Gasteiger partial charge >= 0.3 is 11.6 Å². The highest BCUT2D eigenvalue weighted by Crippen LogP contribution is 2.38. The summed E-state index contributed by atoms with van der Waals surface area (Å²) < 4.78 is 8.19. The standard InChI is InChI=1S/C22H26N4O4/c1-22(2,28)9-10-25-13-15-11-17(20(30-3)12-16(15)24-25)23-21(27)19-6-4-5-18(26(19)29)14-7-8-14/h4-6,11-14,28H,7-10H2,1-3H3,(H-,23,27,29)/p+1. The van der Waals surface area contributed by atoms with Gasteiger partial charge in [0.2, 0.25) is 5.69 Å². The summed E-state index contributed by atoms with van der Waals surface area (Å²) in [5.41, 5.74) is 1.37. The van der Waals surface area contributed by atoms with Gasteiger partial charge in [-0.1, -0.05) is 0 Å². The van der Waals surface area contributed by atoms with Crippen LogP contribution in [0.3, 0.4) is 0 Å². The molecule has 1 aliphatic rings. The number of carbonyl (C=O) groups is 1. The van der Waals surface area contributed by atoms with Gasteiger partial charge in [-0.15, -0.1) is 0 Å². The van der Waals surface area contributed by atoms with Crippen LogP contribution in [0, 0.1) is 0 Å². The number of amides is 1. The van der Waals surface area contributed by atoms with Gasteiger partial charge in [-0.05, 0) is 45.2 Å². The number of hydrogen-bond donors (Lipinski definition) is 3. The van der Waals surface area contributed by atoms with Gasteiger partial charge in [0.15, 0.2) is 0 Å². The van der Waals surface area contributed by atoms with Crippen molar-refractivity contribution in [1.82, 2.24) is 9.78 Å². The zero-order valence-electron chi connectivity index (χ0n) is 17.4. The maximum atomic E-state index is 12.9. The molecule has 0 aliphatic heterocycles. The molecule has 1 saturated carbocycles. The Morgan fingerprint density at radius 3 is 2.80 bits per heavy atom. The Hall–Kier alpha value is -3.13. The van der Waals surface area contributed by atoms with Crippen molar-refractivity contribution in [3.63, 3.8) is 0 Å². The lowest BCUT2D eigenvalue weighted by molar-refractivity contribution is -0.910. The van der Waals surface area contributed by atoms with Crippen molar-refractivity contribution in [1.29, 1.82) is 0 Å². The molecule has 0 unspecified atom stereocenters. The van der Waals surface area contributed by atoms with E-state index >= 15 is 0 Å². The van der Waals surface area contributed by atoms with Crippen LogP contribution in [0.2, 0.25) is 0 Å². The van der Waals surface area contributed by atoms with Crippen molar-refractivity contribution in [3.8, 4) is 5.75 Å². The van der Waals surface area contributed by atoms with Crippen molar-refractivity contribution in [2.24, 2.45) is 0 Å². The predicted molar refractivity (Wildman–Crippen MR) is 111 cm³/mol. The van der Waals surface area contributed by atoms with E-state index in [9.17, 15) is 15.1 Å². The zero-order valence-corrected chi connectivity index (χ0v) is 17.4. The molecule has 0 saturated heterocycles. The van der Waals surface area contributed by atoms with Crippen molar-refractivity contribution >= 4 is 22.5 Å². The number of methoxy groups -OCH3 is 1. The zero-order chi connectivity index (χ0) is 21.5. The molecule has 2 aromatic heterocycles. The Morgan fingerprint density at radius 2 is 2.13 bits per heavy atom. The van der Waals surface area contributed by atoms with E-state index in [4.69, 9.17) is 4.74 Å². The average Bonchev–Trinajstić information content (AvgIpc) is 3.45. The van der Waals surface area contributed by atoms with E-state index in [2.05, 4.69) is 10.4 Å². The monoisotopic (exact) mass is 411 g/mol. The fraction of sp³-hybridized carbons (Fsp3) is 0.409. The van der Waals surface area contributed by atoms with Crippen LogP contribution in [-0.4, -0.2) is 38.7 Å².